The molecule has 0 aliphatic carbocycles. The average Bonchev–Trinajstić information content (AvgIpc) is 2.79. The monoisotopic (exact) mass is 406 g/mol. The van der Waals surface area contributed by atoms with Crippen LogP contribution in [0.3, 0.4) is 0 Å². The SMILES string of the molecule is COc1ccc(C(c2cnc3ccccc3c2)N2CCCCC2C(=O)O)c(OC)c1. The lowest BCUT2D eigenvalue weighted by atomic mass is 9.91. The van der Waals surface area contributed by atoms with Crippen molar-refractivity contribution in [3.05, 3.63) is 65.9 Å². The normalized spacial score (nSPS) is 18.1. The molecule has 0 radical (unpaired) electrons. The maximum Gasteiger partial charge on any atom is 0.320 e. The molecule has 30 heavy (non-hydrogen) atoms. The fourth-order valence-corrected chi connectivity index (χ4v) is 4.36. The number of fused-ring (bicyclic) bond motifs is 1. The molecule has 156 valence electrons. The van der Waals surface area contributed by atoms with Crippen molar-refractivity contribution in [2.24, 2.45) is 0 Å². The van der Waals surface area contributed by atoms with E-state index in [0.717, 1.165) is 34.9 Å². The van der Waals surface area contributed by atoms with Gasteiger partial charge < -0.3 is 14.6 Å². The van der Waals surface area contributed by atoms with Crippen LogP contribution in [0.5, 0.6) is 11.5 Å². The van der Waals surface area contributed by atoms with E-state index in [1.54, 1.807) is 14.2 Å². The minimum absolute atomic E-state index is 0.288. The van der Waals surface area contributed by atoms with E-state index in [-0.39, 0.29) is 6.04 Å². The summed E-state index contributed by atoms with van der Waals surface area (Å²) in [5.41, 5.74) is 2.77. The fourth-order valence-electron chi connectivity index (χ4n) is 4.36. The highest BCUT2D eigenvalue weighted by atomic mass is 16.5. The Hall–Kier alpha value is -3.12. The number of benzene rings is 2. The fraction of sp³-hybridized carbons (Fsp3) is 0.333. The summed E-state index contributed by atoms with van der Waals surface area (Å²) in [6.07, 6.45) is 4.35. The molecule has 2 unspecified atom stereocenters. The Kier molecular flexibility index (Phi) is 5.86. The van der Waals surface area contributed by atoms with Crippen LogP contribution in [0.15, 0.2) is 54.7 Å². The third-order valence-electron chi connectivity index (χ3n) is 5.82. The third kappa shape index (κ3) is 3.83. The zero-order valence-electron chi connectivity index (χ0n) is 17.2. The third-order valence-corrected chi connectivity index (χ3v) is 5.82. The summed E-state index contributed by atoms with van der Waals surface area (Å²) >= 11 is 0. The highest BCUT2D eigenvalue weighted by Gasteiger charge is 2.36. The van der Waals surface area contributed by atoms with E-state index < -0.39 is 12.0 Å². The molecule has 0 saturated carbocycles. The van der Waals surface area contributed by atoms with Gasteiger partial charge in [-0.1, -0.05) is 24.6 Å². The van der Waals surface area contributed by atoms with E-state index in [4.69, 9.17) is 9.47 Å². The molecule has 1 aliphatic heterocycles. The number of aliphatic carboxylic acids is 1. The van der Waals surface area contributed by atoms with Crippen LogP contribution in [-0.2, 0) is 4.79 Å². The van der Waals surface area contributed by atoms with Gasteiger partial charge in [0.25, 0.3) is 0 Å². The predicted molar refractivity (Wildman–Crippen MR) is 115 cm³/mol. The zero-order chi connectivity index (χ0) is 21.1. The lowest BCUT2D eigenvalue weighted by Gasteiger charge is -2.40. The number of likely N-dealkylation sites (tertiary alicyclic amines) is 1. The molecule has 2 atom stereocenters. The van der Waals surface area contributed by atoms with E-state index in [0.29, 0.717) is 24.5 Å². The van der Waals surface area contributed by atoms with E-state index in [2.05, 4.69) is 16.0 Å². The summed E-state index contributed by atoms with van der Waals surface area (Å²) < 4.78 is 11.0. The molecule has 0 amide bonds. The van der Waals surface area contributed by atoms with Gasteiger partial charge in [-0.25, -0.2) is 0 Å². The van der Waals surface area contributed by atoms with E-state index in [1.807, 2.05) is 48.7 Å². The standard InChI is InChI=1S/C24H26N2O4/c1-29-18-10-11-19(22(14-18)30-2)23(26-12-6-5-9-21(26)24(27)28)17-13-16-7-3-4-8-20(16)25-15-17/h3-4,7-8,10-11,13-15,21,23H,5-6,9,12H2,1-2H3,(H,27,28). The number of para-hydroxylation sites is 1. The number of carboxylic acid groups (broad SMARTS) is 1. The first-order valence-corrected chi connectivity index (χ1v) is 10.2. The van der Waals surface area contributed by atoms with Gasteiger partial charge in [0.2, 0.25) is 0 Å². The minimum Gasteiger partial charge on any atom is -0.497 e. The Bertz CT molecular complexity index is 1050. The Morgan fingerprint density at radius 3 is 2.73 bits per heavy atom. The van der Waals surface area contributed by atoms with Gasteiger partial charge >= 0.3 is 5.97 Å². The second kappa shape index (κ2) is 8.71. The Labute approximate surface area is 176 Å². The van der Waals surface area contributed by atoms with Gasteiger partial charge in [-0.2, -0.15) is 0 Å². The Morgan fingerprint density at radius 1 is 1.13 bits per heavy atom. The van der Waals surface area contributed by atoms with Gasteiger partial charge in [-0.3, -0.25) is 14.7 Å². The molecule has 1 N–H and O–H groups in total. The van der Waals surface area contributed by atoms with Crippen molar-refractivity contribution < 1.29 is 19.4 Å². The van der Waals surface area contributed by atoms with Crippen LogP contribution >= 0.6 is 0 Å². The van der Waals surface area contributed by atoms with Crippen LogP contribution < -0.4 is 9.47 Å². The number of ether oxygens (including phenoxy) is 2. The van der Waals surface area contributed by atoms with Crippen LogP contribution in [0, 0.1) is 0 Å². The largest absolute Gasteiger partial charge is 0.497 e. The molecular weight excluding hydrogens is 380 g/mol. The molecular formula is C24H26N2O4. The quantitative estimate of drug-likeness (QED) is 0.659. The van der Waals surface area contributed by atoms with Crippen molar-refractivity contribution in [2.75, 3.05) is 20.8 Å². The lowest BCUT2D eigenvalue weighted by molar-refractivity contribution is -0.145. The molecule has 6 heteroatoms. The van der Waals surface area contributed by atoms with Gasteiger partial charge in [0.05, 0.1) is 25.8 Å². The number of rotatable bonds is 6. The molecule has 2 aromatic carbocycles. The first kappa shape index (κ1) is 20.2. The molecule has 1 fully saturated rings. The molecule has 3 aromatic rings. The molecule has 0 bridgehead atoms. The Balaban J connectivity index is 1.89. The van der Waals surface area contributed by atoms with Gasteiger partial charge in [0.15, 0.2) is 0 Å². The van der Waals surface area contributed by atoms with Crippen LogP contribution in [0.2, 0.25) is 0 Å². The molecule has 0 spiro atoms. The number of carboxylic acids is 1. The molecule has 1 aliphatic rings. The number of nitrogens with zero attached hydrogens (tertiary/aromatic N) is 2. The maximum absolute atomic E-state index is 12.1. The molecule has 1 saturated heterocycles. The number of pyridine rings is 1. The van der Waals surface area contributed by atoms with E-state index in [1.165, 1.54) is 0 Å². The van der Waals surface area contributed by atoms with E-state index >= 15 is 0 Å². The molecule has 2 heterocycles. The van der Waals surface area contributed by atoms with Gasteiger partial charge in [-0.05, 0) is 49.2 Å². The topological polar surface area (TPSA) is 71.9 Å². The zero-order valence-corrected chi connectivity index (χ0v) is 17.2. The summed E-state index contributed by atoms with van der Waals surface area (Å²) in [5, 5.41) is 10.9. The molecule has 1 aromatic heterocycles. The number of hydrogen-bond donors (Lipinski definition) is 1. The van der Waals surface area contributed by atoms with Crippen LogP contribution in [0.25, 0.3) is 10.9 Å². The summed E-state index contributed by atoms with van der Waals surface area (Å²) in [6, 6.07) is 14.9. The lowest BCUT2D eigenvalue weighted by Crippen LogP contribution is -2.47. The Morgan fingerprint density at radius 2 is 1.97 bits per heavy atom. The molecule has 6 nitrogen and oxygen atoms in total. The number of piperidine rings is 1. The van der Waals surface area contributed by atoms with Crippen molar-refractivity contribution in [1.82, 2.24) is 9.88 Å². The van der Waals surface area contributed by atoms with Crippen molar-refractivity contribution in [1.29, 1.82) is 0 Å². The second-order valence-electron chi connectivity index (χ2n) is 7.56. The van der Waals surface area contributed by atoms with E-state index in [9.17, 15) is 9.90 Å². The van der Waals surface area contributed by atoms with Crippen molar-refractivity contribution in [3.8, 4) is 11.5 Å². The highest BCUT2D eigenvalue weighted by molar-refractivity contribution is 5.79. The van der Waals surface area contributed by atoms with Crippen molar-refractivity contribution in [2.45, 2.75) is 31.3 Å². The number of carbonyl (C=O) groups is 1. The molecule has 4 rings (SSSR count). The van der Waals surface area contributed by atoms with Crippen LogP contribution in [0.4, 0.5) is 0 Å². The summed E-state index contributed by atoms with van der Waals surface area (Å²) in [7, 11) is 3.24. The first-order chi connectivity index (χ1) is 14.6. The van der Waals surface area contributed by atoms with Crippen LogP contribution in [-0.4, -0.2) is 47.8 Å². The van der Waals surface area contributed by atoms with Gasteiger partial charge in [0, 0.05) is 23.2 Å². The summed E-state index contributed by atoms with van der Waals surface area (Å²) in [4.78, 5) is 18.8. The first-order valence-electron chi connectivity index (χ1n) is 10.2. The number of methoxy groups -OCH3 is 2. The summed E-state index contributed by atoms with van der Waals surface area (Å²) in [6.45, 7) is 0.698. The van der Waals surface area contributed by atoms with Crippen LogP contribution in [0.1, 0.15) is 36.4 Å². The minimum atomic E-state index is -0.791. The van der Waals surface area contributed by atoms with Gasteiger partial charge in [0.1, 0.15) is 17.5 Å². The number of hydrogen-bond acceptors (Lipinski definition) is 5. The average molecular weight is 406 g/mol. The highest BCUT2D eigenvalue weighted by Crippen LogP contribution is 2.40. The number of aromatic nitrogens is 1. The smallest absolute Gasteiger partial charge is 0.320 e. The van der Waals surface area contributed by atoms with Crippen molar-refractivity contribution >= 4 is 16.9 Å². The second-order valence-corrected chi connectivity index (χ2v) is 7.56. The maximum atomic E-state index is 12.1. The van der Waals surface area contributed by atoms with Crippen molar-refractivity contribution in [3.63, 3.8) is 0 Å². The summed E-state index contributed by atoms with van der Waals surface area (Å²) in [5.74, 6) is 0.572. The van der Waals surface area contributed by atoms with Gasteiger partial charge in [-0.15, -0.1) is 0 Å². The predicted octanol–water partition coefficient (Wildman–Crippen LogP) is 4.28.